The van der Waals surface area contributed by atoms with Crippen LogP contribution in [0.15, 0.2) is 36.5 Å². The molecule has 96 valence electrons. The van der Waals surface area contributed by atoms with Crippen LogP contribution in [0.2, 0.25) is 0 Å². The van der Waals surface area contributed by atoms with Crippen LogP contribution >= 0.6 is 0 Å². The molecule has 0 aliphatic heterocycles. The average Bonchev–Trinajstić information content (AvgIpc) is 2.81. The van der Waals surface area contributed by atoms with E-state index in [0.717, 1.165) is 0 Å². The van der Waals surface area contributed by atoms with Crippen molar-refractivity contribution < 1.29 is 9.13 Å². The summed E-state index contributed by atoms with van der Waals surface area (Å²) in [4.78, 5) is 0. The van der Waals surface area contributed by atoms with E-state index in [9.17, 15) is 4.39 Å². The van der Waals surface area contributed by atoms with Crippen molar-refractivity contribution in [1.29, 1.82) is 0 Å². The Morgan fingerprint density at radius 2 is 2.05 bits per heavy atom. The largest absolute Gasteiger partial charge is 0.497 e. The third-order valence-electron chi connectivity index (χ3n) is 2.84. The number of benzene rings is 1. The van der Waals surface area contributed by atoms with Gasteiger partial charge in [0.15, 0.2) is 11.5 Å². The first-order valence-electron chi connectivity index (χ1n) is 5.63. The minimum absolute atomic E-state index is 0.346. The first-order chi connectivity index (χ1) is 9.19. The molecule has 5 nitrogen and oxygen atoms in total. The van der Waals surface area contributed by atoms with Crippen molar-refractivity contribution in [2.24, 2.45) is 0 Å². The highest BCUT2D eigenvalue weighted by Gasteiger charge is 2.13. The molecule has 0 saturated heterocycles. The molecule has 2 N–H and O–H groups in total. The van der Waals surface area contributed by atoms with Crippen LogP contribution in [-0.4, -0.2) is 21.7 Å². The summed E-state index contributed by atoms with van der Waals surface area (Å²) in [6.45, 7) is 0. The Hall–Kier alpha value is -2.63. The zero-order valence-electron chi connectivity index (χ0n) is 10.2. The Bertz CT molecular complexity index is 753. The monoisotopic (exact) mass is 258 g/mol. The summed E-state index contributed by atoms with van der Waals surface area (Å²) < 4.78 is 20.7. The number of rotatable bonds is 2. The Balaban J connectivity index is 2.21. The fourth-order valence-corrected chi connectivity index (χ4v) is 1.90. The van der Waals surface area contributed by atoms with E-state index in [1.807, 2.05) is 0 Å². The van der Waals surface area contributed by atoms with Gasteiger partial charge in [0.05, 0.1) is 12.7 Å². The molecule has 0 saturated carbocycles. The van der Waals surface area contributed by atoms with Gasteiger partial charge in [0.2, 0.25) is 0 Å². The lowest BCUT2D eigenvalue weighted by molar-refractivity contribution is 0.411. The van der Waals surface area contributed by atoms with Crippen LogP contribution in [-0.2, 0) is 0 Å². The van der Waals surface area contributed by atoms with Crippen LogP contribution in [0.4, 0.5) is 10.1 Å². The summed E-state index contributed by atoms with van der Waals surface area (Å²) in [5.74, 6) is 0.438. The molecule has 0 radical (unpaired) electrons. The van der Waals surface area contributed by atoms with Gasteiger partial charge in [-0.1, -0.05) is 0 Å². The molecule has 0 spiro atoms. The van der Waals surface area contributed by atoms with Crippen LogP contribution in [0.5, 0.6) is 5.75 Å². The van der Waals surface area contributed by atoms with E-state index < -0.39 is 5.82 Å². The Morgan fingerprint density at radius 3 is 2.79 bits per heavy atom. The third kappa shape index (κ3) is 1.87. The number of nitrogens with zero attached hydrogens (tertiary/aromatic N) is 3. The van der Waals surface area contributed by atoms with E-state index in [4.69, 9.17) is 10.5 Å². The van der Waals surface area contributed by atoms with Crippen LogP contribution in [0.25, 0.3) is 17.0 Å². The summed E-state index contributed by atoms with van der Waals surface area (Å²) in [6, 6.07) is 8.04. The van der Waals surface area contributed by atoms with Gasteiger partial charge in [0.1, 0.15) is 11.6 Å². The highest BCUT2D eigenvalue weighted by atomic mass is 19.1. The highest BCUT2D eigenvalue weighted by molar-refractivity contribution is 5.62. The van der Waals surface area contributed by atoms with Gasteiger partial charge in [-0.2, -0.15) is 0 Å². The number of hydrogen-bond acceptors (Lipinski definition) is 4. The maximum absolute atomic E-state index is 14.0. The summed E-state index contributed by atoms with van der Waals surface area (Å²) in [5, 5.41) is 7.98. The van der Waals surface area contributed by atoms with Crippen LogP contribution in [0.3, 0.4) is 0 Å². The average molecular weight is 258 g/mol. The smallest absolute Gasteiger partial charge is 0.171 e. The third-order valence-corrected chi connectivity index (χ3v) is 2.84. The van der Waals surface area contributed by atoms with Gasteiger partial charge >= 0.3 is 0 Å². The van der Waals surface area contributed by atoms with Gasteiger partial charge in [0, 0.05) is 18.0 Å². The molecule has 3 aromatic rings. The summed E-state index contributed by atoms with van der Waals surface area (Å²) in [7, 11) is 1.49. The predicted octanol–water partition coefficient (Wildman–Crippen LogP) is 2.13. The number of ether oxygens (including phenoxy) is 1. The Morgan fingerprint density at radius 1 is 1.21 bits per heavy atom. The van der Waals surface area contributed by atoms with Gasteiger partial charge in [-0.05, 0) is 24.3 Å². The summed E-state index contributed by atoms with van der Waals surface area (Å²) >= 11 is 0. The van der Waals surface area contributed by atoms with E-state index in [2.05, 4.69) is 10.2 Å². The normalized spacial score (nSPS) is 10.8. The molecule has 0 amide bonds. The number of nitrogen functional groups attached to an aromatic ring is 1. The van der Waals surface area contributed by atoms with Crippen molar-refractivity contribution in [3.05, 3.63) is 42.3 Å². The molecule has 0 aliphatic carbocycles. The number of fused-ring (bicyclic) bond motifs is 1. The molecule has 19 heavy (non-hydrogen) atoms. The number of pyridine rings is 1. The van der Waals surface area contributed by atoms with E-state index in [1.165, 1.54) is 13.2 Å². The molecular weight excluding hydrogens is 247 g/mol. The minimum Gasteiger partial charge on any atom is -0.497 e. The lowest BCUT2D eigenvalue weighted by Crippen LogP contribution is -1.95. The maximum Gasteiger partial charge on any atom is 0.171 e. The maximum atomic E-state index is 14.0. The summed E-state index contributed by atoms with van der Waals surface area (Å²) in [6.07, 6.45) is 1.66. The number of halogens is 1. The minimum atomic E-state index is -0.420. The number of methoxy groups -OCH3 is 1. The van der Waals surface area contributed by atoms with Crippen molar-refractivity contribution in [2.75, 3.05) is 12.8 Å². The van der Waals surface area contributed by atoms with Gasteiger partial charge in [-0.3, -0.25) is 4.40 Å². The van der Waals surface area contributed by atoms with Crippen LogP contribution in [0, 0.1) is 5.82 Å². The second-order valence-corrected chi connectivity index (χ2v) is 4.06. The van der Waals surface area contributed by atoms with Gasteiger partial charge in [-0.15, -0.1) is 10.2 Å². The SMILES string of the molecule is COc1ccc(-c2nnc3ccc(N)cn23)c(F)c1. The van der Waals surface area contributed by atoms with Crippen LogP contribution in [0.1, 0.15) is 0 Å². The number of nitrogens with two attached hydrogens (primary N) is 1. The quantitative estimate of drug-likeness (QED) is 0.764. The van der Waals surface area contributed by atoms with Crippen molar-refractivity contribution in [3.8, 4) is 17.1 Å². The second-order valence-electron chi connectivity index (χ2n) is 4.06. The standard InChI is InChI=1S/C13H11FN4O/c1-19-9-3-4-10(11(14)6-9)13-17-16-12-5-2-8(15)7-18(12)13/h2-7H,15H2,1H3. The second kappa shape index (κ2) is 4.24. The molecule has 2 heterocycles. The number of hydrogen-bond donors (Lipinski definition) is 1. The van der Waals surface area contributed by atoms with E-state index in [-0.39, 0.29) is 0 Å². The fraction of sp³-hybridized carbons (Fsp3) is 0.0769. The molecule has 6 heteroatoms. The lowest BCUT2D eigenvalue weighted by atomic mass is 10.2. The number of aromatic nitrogens is 3. The number of anilines is 1. The predicted molar refractivity (Wildman–Crippen MR) is 69.3 cm³/mol. The first-order valence-corrected chi connectivity index (χ1v) is 5.63. The molecule has 0 aliphatic rings. The molecule has 1 aromatic carbocycles. The van der Waals surface area contributed by atoms with Gasteiger partial charge in [-0.25, -0.2) is 4.39 Å². The van der Waals surface area contributed by atoms with Crippen molar-refractivity contribution in [2.45, 2.75) is 0 Å². The zero-order chi connectivity index (χ0) is 13.4. The molecule has 0 fully saturated rings. The Labute approximate surface area is 108 Å². The topological polar surface area (TPSA) is 65.4 Å². The van der Waals surface area contributed by atoms with Gasteiger partial charge < -0.3 is 10.5 Å². The van der Waals surface area contributed by atoms with Crippen molar-refractivity contribution in [3.63, 3.8) is 0 Å². The summed E-state index contributed by atoms with van der Waals surface area (Å²) in [5.41, 5.74) is 7.24. The van der Waals surface area contributed by atoms with Crippen molar-refractivity contribution >= 4 is 11.3 Å². The lowest BCUT2D eigenvalue weighted by Gasteiger charge is -2.04. The molecule has 0 bridgehead atoms. The Kier molecular flexibility index (Phi) is 2.56. The first kappa shape index (κ1) is 11.5. The van der Waals surface area contributed by atoms with E-state index in [0.29, 0.717) is 28.5 Å². The van der Waals surface area contributed by atoms with E-state index in [1.54, 1.807) is 34.9 Å². The van der Waals surface area contributed by atoms with Gasteiger partial charge in [0.25, 0.3) is 0 Å². The van der Waals surface area contributed by atoms with Crippen LogP contribution < -0.4 is 10.5 Å². The zero-order valence-corrected chi connectivity index (χ0v) is 10.2. The molecule has 0 unspecified atom stereocenters. The molecular formula is C13H11FN4O. The molecule has 0 atom stereocenters. The fourth-order valence-electron chi connectivity index (χ4n) is 1.90. The molecule has 2 aromatic heterocycles. The molecule has 3 rings (SSSR count). The highest BCUT2D eigenvalue weighted by Crippen LogP contribution is 2.25. The van der Waals surface area contributed by atoms with Crippen molar-refractivity contribution in [1.82, 2.24) is 14.6 Å². The van der Waals surface area contributed by atoms with E-state index >= 15 is 0 Å².